The first-order valence-electron chi connectivity index (χ1n) is 9.36. The SMILES string of the molecule is COc1ccc(Cl)cc1C(=S)N=c1sc(C(C)(C)C)cn1CC1(OC(C)=O)CC1. The van der Waals surface area contributed by atoms with Gasteiger partial charge in [-0.1, -0.05) is 44.6 Å². The number of thiazole rings is 1. The maximum atomic E-state index is 11.5. The molecule has 2 aromatic rings. The van der Waals surface area contributed by atoms with Gasteiger partial charge in [-0.05, 0) is 36.5 Å². The second-order valence-corrected chi connectivity index (χ2v) is 10.1. The molecule has 0 bridgehead atoms. The minimum Gasteiger partial charge on any atom is -0.496 e. The number of benzene rings is 1. The lowest BCUT2D eigenvalue weighted by Gasteiger charge is -2.17. The van der Waals surface area contributed by atoms with E-state index in [0.29, 0.717) is 27.9 Å². The molecule has 1 aliphatic rings. The van der Waals surface area contributed by atoms with Crippen LogP contribution in [0.15, 0.2) is 29.4 Å². The van der Waals surface area contributed by atoms with E-state index < -0.39 is 5.60 Å². The smallest absolute Gasteiger partial charge is 0.303 e. The van der Waals surface area contributed by atoms with Crippen LogP contribution >= 0.6 is 35.2 Å². The van der Waals surface area contributed by atoms with Crippen LogP contribution in [0.4, 0.5) is 0 Å². The predicted octanol–water partition coefficient (Wildman–Crippen LogP) is 4.88. The average molecular weight is 453 g/mol. The standard InChI is InChI=1S/C21H25ClN2O3S2/c1-13(25)27-21(8-9-21)12-24-11-17(20(2,3)4)29-19(24)23-18(28)15-10-14(22)6-7-16(15)26-5/h6-7,10-11H,8-9,12H2,1-5H3. The monoisotopic (exact) mass is 452 g/mol. The highest BCUT2D eigenvalue weighted by molar-refractivity contribution is 7.80. The van der Waals surface area contributed by atoms with Crippen molar-refractivity contribution in [3.05, 3.63) is 44.7 Å². The first-order valence-corrected chi connectivity index (χ1v) is 11.0. The molecule has 0 aliphatic heterocycles. The number of halogens is 1. The molecule has 8 heteroatoms. The molecule has 3 rings (SSSR count). The average Bonchev–Trinajstić information content (AvgIpc) is 3.24. The number of hydrogen-bond acceptors (Lipinski definition) is 5. The van der Waals surface area contributed by atoms with Crippen LogP contribution in [0.3, 0.4) is 0 Å². The molecule has 156 valence electrons. The number of methoxy groups -OCH3 is 1. The maximum Gasteiger partial charge on any atom is 0.303 e. The largest absolute Gasteiger partial charge is 0.496 e. The van der Waals surface area contributed by atoms with E-state index in [2.05, 4.69) is 27.0 Å². The van der Waals surface area contributed by atoms with Gasteiger partial charge in [0.1, 0.15) is 16.3 Å². The van der Waals surface area contributed by atoms with Crippen molar-refractivity contribution in [2.75, 3.05) is 7.11 Å². The third kappa shape index (κ3) is 5.27. The Morgan fingerprint density at radius 3 is 2.62 bits per heavy atom. The molecule has 0 spiro atoms. The Kier molecular flexibility index (Phi) is 6.22. The fourth-order valence-corrected chi connectivity index (χ4v) is 4.50. The molecule has 0 N–H and O–H groups in total. The molecule has 1 heterocycles. The molecule has 5 nitrogen and oxygen atoms in total. The Balaban J connectivity index is 2.03. The number of carbonyl (C=O) groups excluding carboxylic acids is 1. The van der Waals surface area contributed by atoms with Gasteiger partial charge < -0.3 is 14.0 Å². The highest BCUT2D eigenvalue weighted by atomic mass is 35.5. The second kappa shape index (κ2) is 8.20. The second-order valence-electron chi connectivity index (χ2n) is 8.29. The normalized spacial score (nSPS) is 15.9. The highest BCUT2D eigenvalue weighted by Gasteiger charge is 2.47. The first-order chi connectivity index (χ1) is 13.5. The number of esters is 1. The van der Waals surface area contributed by atoms with Crippen LogP contribution in [0.25, 0.3) is 0 Å². The summed E-state index contributed by atoms with van der Waals surface area (Å²) < 4.78 is 13.0. The van der Waals surface area contributed by atoms with Crippen LogP contribution in [0.5, 0.6) is 5.75 Å². The molecule has 0 unspecified atom stereocenters. The molecular formula is C21H25ClN2O3S2. The summed E-state index contributed by atoms with van der Waals surface area (Å²) in [5.74, 6) is 0.368. The van der Waals surface area contributed by atoms with Crippen LogP contribution in [0.2, 0.25) is 5.02 Å². The van der Waals surface area contributed by atoms with Gasteiger partial charge in [0.15, 0.2) is 4.80 Å². The summed E-state index contributed by atoms with van der Waals surface area (Å²) in [6.07, 6.45) is 3.80. The first kappa shape index (κ1) is 22.0. The zero-order valence-electron chi connectivity index (χ0n) is 17.2. The van der Waals surface area contributed by atoms with Crippen molar-refractivity contribution in [2.24, 2.45) is 4.99 Å². The number of nitrogens with zero attached hydrogens (tertiary/aromatic N) is 2. The van der Waals surface area contributed by atoms with Gasteiger partial charge in [-0.15, -0.1) is 11.3 Å². The Hall–Kier alpha value is -1.70. The highest BCUT2D eigenvalue weighted by Crippen LogP contribution is 2.41. The number of rotatable bonds is 5. The van der Waals surface area contributed by atoms with Crippen molar-refractivity contribution < 1.29 is 14.3 Å². The summed E-state index contributed by atoms with van der Waals surface area (Å²) in [4.78, 5) is 18.6. The molecule has 1 fully saturated rings. The summed E-state index contributed by atoms with van der Waals surface area (Å²) in [7, 11) is 1.59. The molecule has 29 heavy (non-hydrogen) atoms. The van der Waals surface area contributed by atoms with Crippen molar-refractivity contribution in [3.63, 3.8) is 0 Å². The summed E-state index contributed by atoms with van der Waals surface area (Å²) in [5.41, 5.74) is 0.202. The predicted molar refractivity (Wildman–Crippen MR) is 120 cm³/mol. The molecule has 0 saturated heterocycles. The van der Waals surface area contributed by atoms with E-state index in [4.69, 9.17) is 38.3 Å². The van der Waals surface area contributed by atoms with Gasteiger partial charge in [0.2, 0.25) is 0 Å². The van der Waals surface area contributed by atoms with Crippen LogP contribution in [0.1, 0.15) is 51.0 Å². The van der Waals surface area contributed by atoms with Gasteiger partial charge in [0.05, 0.1) is 19.2 Å². The molecule has 1 saturated carbocycles. The molecule has 1 aliphatic carbocycles. The summed E-state index contributed by atoms with van der Waals surface area (Å²) in [6.45, 7) is 8.48. The van der Waals surface area contributed by atoms with E-state index in [1.165, 1.54) is 11.8 Å². The zero-order valence-corrected chi connectivity index (χ0v) is 19.6. The Morgan fingerprint density at radius 2 is 2.07 bits per heavy atom. The summed E-state index contributed by atoms with van der Waals surface area (Å²) in [6, 6.07) is 5.30. The molecule has 1 aromatic carbocycles. The van der Waals surface area contributed by atoms with Crippen molar-refractivity contribution in [1.82, 2.24) is 4.57 Å². The van der Waals surface area contributed by atoms with Gasteiger partial charge >= 0.3 is 5.97 Å². The third-order valence-corrected chi connectivity index (χ3v) is 6.67. The fraction of sp³-hybridized carbons (Fsp3) is 0.476. The minimum absolute atomic E-state index is 0.0340. The van der Waals surface area contributed by atoms with Gasteiger partial charge in [-0.3, -0.25) is 4.79 Å². The van der Waals surface area contributed by atoms with E-state index in [1.807, 2.05) is 4.57 Å². The van der Waals surface area contributed by atoms with Crippen LogP contribution < -0.4 is 9.54 Å². The van der Waals surface area contributed by atoms with E-state index in [9.17, 15) is 4.79 Å². The van der Waals surface area contributed by atoms with E-state index in [1.54, 1.807) is 36.6 Å². The van der Waals surface area contributed by atoms with Crippen molar-refractivity contribution in [2.45, 2.75) is 58.1 Å². The van der Waals surface area contributed by atoms with Gasteiger partial charge in [-0.2, -0.15) is 0 Å². The number of carbonyl (C=O) groups is 1. The van der Waals surface area contributed by atoms with E-state index in [0.717, 1.165) is 17.6 Å². The van der Waals surface area contributed by atoms with Crippen molar-refractivity contribution >= 4 is 46.1 Å². The van der Waals surface area contributed by atoms with Gasteiger partial charge in [0, 0.05) is 23.0 Å². The van der Waals surface area contributed by atoms with Crippen LogP contribution in [0, 0.1) is 0 Å². The lowest BCUT2D eigenvalue weighted by atomic mass is 9.95. The van der Waals surface area contributed by atoms with E-state index >= 15 is 0 Å². The number of ether oxygens (including phenoxy) is 2. The van der Waals surface area contributed by atoms with E-state index in [-0.39, 0.29) is 11.4 Å². The fourth-order valence-electron chi connectivity index (χ4n) is 2.97. The Labute approximate surface area is 185 Å². The van der Waals surface area contributed by atoms with Crippen LogP contribution in [-0.2, 0) is 21.5 Å². The summed E-state index contributed by atoms with van der Waals surface area (Å²) in [5, 5.41) is 0.569. The minimum atomic E-state index is -0.438. The Morgan fingerprint density at radius 1 is 1.38 bits per heavy atom. The third-order valence-electron chi connectivity index (χ3n) is 4.67. The number of thiocarbonyl (C=S) groups is 1. The quantitative estimate of drug-likeness (QED) is 0.479. The van der Waals surface area contributed by atoms with Gasteiger partial charge in [0.25, 0.3) is 0 Å². The lowest BCUT2D eigenvalue weighted by molar-refractivity contribution is -0.149. The number of aromatic nitrogens is 1. The van der Waals surface area contributed by atoms with Gasteiger partial charge in [-0.25, -0.2) is 4.99 Å². The molecule has 0 amide bonds. The van der Waals surface area contributed by atoms with Crippen LogP contribution in [-0.4, -0.2) is 28.2 Å². The number of hydrogen-bond donors (Lipinski definition) is 0. The zero-order chi connectivity index (χ0) is 21.4. The molecule has 0 radical (unpaired) electrons. The summed E-state index contributed by atoms with van der Waals surface area (Å²) >= 11 is 13.3. The molecule has 0 atom stereocenters. The van der Waals surface area contributed by atoms with Crippen molar-refractivity contribution in [3.8, 4) is 5.75 Å². The molecule has 1 aromatic heterocycles. The lowest BCUT2D eigenvalue weighted by Crippen LogP contribution is -2.29. The molecular weight excluding hydrogens is 428 g/mol. The maximum absolute atomic E-state index is 11.5. The Bertz CT molecular complexity index is 1010. The van der Waals surface area contributed by atoms with Crippen molar-refractivity contribution in [1.29, 1.82) is 0 Å². The topological polar surface area (TPSA) is 52.8 Å².